The molecule has 4 heteroatoms. The van der Waals surface area contributed by atoms with Crippen LogP contribution in [0.1, 0.15) is 37.9 Å². The first-order chi connectivity index (χ1) is 8.92. The van der Waals surface area contributed by atoms with Crippen LogP contribution in [0.25, 0.3) is 0 Å². The van der Waals surface area contributed by atoms with E-state index in [1.165, 1.54) is 5.56 Å². The molecule has 1 amide bonds. The van der Waals surface area contributed by atoms with Crippen molar-refractivity contribution < 1.29 is 9.53 Å². The summed E-state index contributed by atoms with van der Waals surface area (Å²) in [4.78, 5) is 14.0. The number of carbonyl (C=O) groups excluding carboxylic acids is 1. The Kier molecular flexibility index (Phi) is 3.80. The van der Waals surface area contributed by atoms with Gasteiger partial charge in [0.1, 0.15) is 5.60 Å². The minimum Gasteiger partial charge on any atom is -0.444 e. The van der Waals surface area contributed by atoms with E-state index < -0.39 is 5.60 Å². The van der Waals surface area contributed by atoms with Gasteiger partial charge >= 0.3 is 6.09 Å². The van der Waals surface area contributed by atoms with Crippen molar-refractivity contribution in [3.63, 3.8) is 0 Å². The average Bonchev–Trinajstić information content (AvgIpc) is 2.35. The third-order valence-corrected chi connectivity index (χ3v) is 3.26. The fourth-order valence-electron chi connectivity index (χ4n) is 2.44. The van der Waals surface area contributed by atoms with Crippen LogP contribution in [0.2, 0.25) is 0 Å². The number of carbonyl (C=O) groups is 1. The second kappa shape index (κ2) is 5.21. The Hall–Kier alpha value is -1.55. The number of nitrogens with two attached hydrogens (primary N) is 1. The second-order valence-electron chi connectivity index (χ2n) is 5.87. The fourth-order valence-corrected chi connectivity index (χ4v) is 2.44. The van der Waals surface area contributed by atoms with Gasteiger partial charge in [-0.2, -0.15) is 0 Å². The van der Waals surface area contributed by atoms with Gasteiger partial charge in [-0.25, -0.2) is 4.79 Å². The first kappa shape index (κ1) is 13.9. The standard InChI is InChI=1S/C15H22N2O2/c1-15(2,3)19-14(18)17-9-8-11-6-4-5-7-12(11)13(17)10-16/h4-7,13H,8-10,16H2,1-3H3. The zero-order valence-electron chi connectivity index (χ0n) is 11.8. The molecule has 1 aliphatic heterocycles. The predicted molar refractivity (Wildman–Crippen MR) is 74.9 cm³/mol. The fraction of sp³-hybridized carbons (Fsp3) is 0.533. The van der Waals surface area contributed by atoms with E-state index in [9.17, 15) is 4.79 Å². The van der Waals surface area contributed by atoms with Crippen LogP contribution in [0.15, 0.2) is 24.3 Å². The normalized spacial score (nSPS) is 18.9. The summed E-state index contributed by atoms with van der Waals surface area (Å²) in [5, 5.41) is 0. The minimum absolute atomic E-state index is 0.0835. The van der Waals surface area contributed by atoms with Crippen molar-refractivity contribution in [2.75, 3.05) is 13.1 Å². The third kappa shape index (κ3) is 3.07. The summed E-state index contributed by atoms with van der Waals surface area (Å²) in [5.74, 6) is 0. The molecule has 1 aromatic rings. The molecule has 1 unspecified atom stereocenters. The van der Waals surface area contributed by atoms with E-state index in [1.807, 2.05) is 39.0 Å². The Morgan fingerprint density at radius 2 is 2.11 bits per heavy atom. The van der Waals surface area contributed by atoms with Gasteiger partial charge in [0, 0.05) is 13.1 Å². The van der Waals surface area contributed by atoms with Gasteiger partial charge in [0.25, 0.3) is 0 Å². The molecule has 0 spiro atoms. The topological polar surface area (TPSA) is 55.6 Å². The van der Waals surface area contributed by atoms with E-state index in [1.54, 1.807) is 4.90 Å². The van der Waals surface area contributed by atoms with Crippen LogP contribution in [-0.4, -0.2) is 29.7 Å². The van der Waals surface area contributed by atoms with Crippen LogP contribution < -0.4 is 5.73 Å². The predicted octanol–water partition coefficient (Wildman–Crippen LogP) is 2.48. The van der Waals surface area contributed by atoms with Gasteiger partial charge in [-0.05, 0) is 38.3 Å². The number of nitrogens with zero attached hydrogens (tertiary/aromatic N) is 1. The molecule has 1 aromatic carbocycles. The molecule has 1 aliphatic rings. The maximum Gasteiger partial charge on any atom is 0.410 e. The first-order valence-corrected chi connectivity index (χ1v) is 6.70. The van der Waals surface area contributed by atoms with Gasteiger partial charge < -0.3 is 10.5 Å². The molecule has 0 aliphatic carbocycles. The Labute approximate surface area is 114 Å². The summed E-state index contributed by atoms with van der Waals surface area (Å²) in [6.45, 7) is 6.70. The monoisotopic (exact) mass is 262 g/mol. The molecule has 2 N–H and O–H groups in total. The maximum absolute atomic E-state index is 12.2. The van der Waals surface area contributed by atoms with E-state index in [0.717, 1.165) is 12.0 Å². The van der Waals surface area contributed by atoms with E-state index in [-0.39, 0.29) is 12.1 Å². The Morgan fingerprint density at radius 3 is 2.74 bits per heavy atom. The highest BCUT2D eigenvalue weighted by atomic mass is 16.6. The highest BCUT2D eigenvalue weighted by Gasteiger charge is 2.32. The molecule has 0 saturated carbocycles. The van der Waals surface area contributed by atoms with Gasteiger partial charge in [-0.15, -0.1) is 0 Å². The van der Waals surface area contributed by atoms with Crippen molar-refractivity contribution in [3.05, 3.63) is 35.4 Å². The lowest BCUT2D eigenvalue weighted by Gasteiger charge is -2.37. The number of rotatable bonds is 1. The van der Waals surface area contributed by atoms with Crippen LogP contribution in [0, 0.1) is 0 Å². The number of ether oxygens (including phenoxy) is 1. The zero-order valence-corrected chi connectivity index (χ0v) is 11.8. The van der Waals surface area contributed by atoms with Crippen LogP contribution in [0.3, 0.4) is 0 Å². The van der Waals surface area contributed by atoms with Crippen LogP contribution in [-0.2, 0) is 11.2 Å². The van der Waals surface area contributed by atoms with Gasteiger partial charge in [-0.1, -0.05) is 24.3 Å². The van der Waals surface area contributed by atoms with Crippen molar-refractivity contribution in [2.24, 2.45) is 5.73 Å². The molecule has 0 aromatic heterocycles. The average molecular weight is 262 g/mol. The third-order valence-electron chi connectivity index (χ3n) is 3.26. The summed E-state index contributed by atoms with van der Waals surface area (Å²) in [7, 11) is 0. The Balaban J connectivity index is 2.22. The number of fused-ring (bicyclic) bond motifs is 1. The van der Waals surface area contributed by atoms with Gasteiger partial charge in [-0.3, -0.25) is 4.90 Å². The van der Waals surface area contributed by atoms with Crippen LogP contribution >= 0.6 is 0 Å². The van der Waals surface area contributed by atoms with Gasteiger partial charge in [0.05, 0.1) is 6.04 Å². The zero-order chi connectivity index (χ0) is 14.0. The highest BCUT2D eigenvalue weighted by Crippen LogP contribution is 2.30. The van der Waals surface area contributed by atoms with Crippen molar-refractivity contribution in [1.29, 1.82) is 0 Å². The van der Waals surface area contributed by atoms with Crippen molar-refractivity contribution in [2.45, 2.75) is 38.8 Å². The van der Waals surface area contributed by atoms with Crippen LogP contribution in [0.4, 0.5) is 4.79 Å². The second-order valence-corrected chi connectivity index (χ2v) is 5.87. The molecule has 4 nitrogen and oxygen atoms in total. The molecule has 0 saturated heterocycles. The smallest absolute Gasteiger partial charge is 0.410 e. The molecule has 1 atom stereocenters. The molecule has 0 bridgehead atoms. The lowest BCUT2D eigenvalue weighted by Crippen LogP contribution is -2.45. The number of benzene rings is 1. The number of amides is 1. The number of hydrogen-bond acceptors (Lipinski definition) is 3. The van der Waals surface area contributed by atoms with E-state index in [2.05, 4.69) is 6.07 Å². The van der Waals surface area contributed by atoms with E-state index in [0.29, 0.717) is 13.1 Å². The minimum atomic E-state index is -0.479. The lowest BCUT2D eigenvalue weighted by atomic mass is 9.93. The summed E-state index contributed by atoms with van der Waals surface area (Å²) in [6.07, 6.45) is 0.573. The number of hydrogen-bond donors (Lipinski definition) is 1. The SMILES string of the molecule is CC(C)(C)OC(=O)N1CCc2ccccc2C1CN. The van der Waals surface area contributed by atoms with Crippen LogP contribution in [0.5, 0.6) is 0 Å². The molecule has 2 rings (SSSR count). The quantitative estimate of drug-likeness (QED) is 0.846. The highest BCUT2D eigenvalue weighted by molar-refractivity contribution is 5.69. The molecule has 104 valence electrons. The van der Waals surface area contributed by atoms with Gasteiger partial charge in [0.15, 0.2) is 0 Å². The van der Waals surface area contributed by atoms with Crippen molar-refractivity contribution in [1.82, 2.24) is 4.90 Å². The van der Waals surface area contributed by atoms with Crippen molar-refractivity contribution in [3.8, 4) is 0 Å². The lowest BCUT2D eigenvalue weighted by molar-refractivity contribution is 0.0150. The van der Waals surface area contributed by atoms with E-state index in [4.69, 9.17) is 10.5 Å². The molecule has 19 heavy (non-hydrogen) atoms. The van der Waals surface area contributed by atoms with Crippen molar-refractivity contribution >= 4 is 6.09 Å². The molecular formula is C15H22N2O2. The molecular weight excluding hydrogens is 240 g/mol. The molecule has 1 heterocycles. The summed E-state index contributed by atoms with van der Waals surface area (Å²) in [6, 6.07) is 8.07. The molecule has 0 fully saturated rings. The summed E-state index contributed by atoms with van der Waals surface area (Å²) in [5.41, 5.74) is 7.80. The summed E-state index contributed by atoms with van der Waals surface area (Å²) < 4.78 is 5.46. The Bertz CT molecular complexity index is 465. The van der Waals surface area contributed by atoms with E-state index >= 15 is 0 Å². The summed E-state index contributed by atoms with van der Waals surface area (Å²) >= 11 is 0. The largest absolute Gasteiger partial charge is 0.444 e. The maximum atomic E-state index is 12.2. The van der Waals surface area contributed by atoms with Gasteiger partial charge in [0.2, 0.25) is 0 Å². The first-order valence-electron chi connectivity index (χ1n) is 6.70. The molecule has 0 radical (unpaired) electrons. The Morgan fingerprint density at radius 1 is 1.42 bits per heavy atom.